The van der Waals surface area contributed by atoms with E-state index in [1.54, 1.807) is 30.3 Å². The first-order valence-corrected chi connectivity index (χ1v) is 5.69. The second-order valence-corrected chi connectivity index (χ2v) is 4.09. The van der Waals surface area contributed by atoms with Gasteiger partial charge in [0.2, 0.25) is 0 Å². The van der Waals surface area contributed by atoms with Gasteiger partial charge >= 0.3 is 0 Å². The summed E-state index contributed by atoms with van der Waals surface area (Å²) in [6.07, 6.45) is 0.701. The smallest absolute Gasteiger partial charge is 0.150 e. The van der Waals surface area contributed by atoms with Gasteiger partial charge in [-0.2, -0.15) is 0 Å². The fraction of sp³-hybridized carbons (Fsp3) is 0.0714. The molecule has 0 aliphatic heterocycles. The molecule has 18 heavy (non-hydrogen) atoms. The zero-order chi connectivity index (χ0) is 13.0. The van der Waals surface area contributed by atoms with E-state index in [9.17, 15) is 9.18 Å². The monoisotopic (exact) mass is 264 g/mol. The molecule has 0 aliphatic rings. The predicted molar refractivity (Wildman–Crippen MR) is 67.6 cm³/mol. The van der Waals surface area contributed by atoms with E-state index in [0.717, 1.165) is 0 Å². The Morgan fingerprint density at radius 2 is 2.00 bits per heavy atom. The minimum atomic E-state index is -0.321. The highest BCUT2D eigenvalue weighted by Crippen LogP contribution is 2.26. The number of carbonyl (C=O) groups is 1. The van der Waals surface area contributed by atoms with Crippen LogP contribution in [0.2, 0.25) is 5.02 Å². The first kappa shape index (κ1) is 12.6. The van der Waals surface area contributed by atoms with Crippen LogP contribution >= 0.6 is 11.6 Å². The number of rotatable bonds is 4. The molecular weight excluding hydrogens is 255 g/mol. The van der Waals surface area contributed by atoms with E-state index < -0.39 is 0 Å². The number of halogens is 2. The van der Waals surface area contributed by atoms with Crippen molar-refractivity contribution in [3.05, 3.63) is 64.4 Å². The molecule has 2 aromatic carbocycles. The fourth-order valence-electron chi connectivity index (χ4n) is 1.48. The molecule has 2 rings (SSSR count). The summed E-state index contributed by atoms with van der Waals surface area (Å²) in [7, 11) is 0. The van der Waals surface area contributed by atoms with Gasteiger partial charge in [0.05, 0.1) is 5.02 Å². The molecule has 2 aromatic rings. The van der Waals surface area contributed by atoms with Crippen molar-refractivity contribution >= 4 is 17.9 Å². The second-order valence-electron chi connectivity index (χ2n) is 3.69. The lowest BCUT2D eigenvalue weighted by Crippen LogP contribution is -1.98. The number of benzene rings is 2. The number of hydrogen-bond acceptors (Lipinski definition) is 2. The van der Waals surface area contributed by atoms with Crippen LogP contribution in [-0.4, -0.2) is 6.29 Å². The van der Waals surface area contributed by atoms with Gasteiger partial charge in [0.1, 0.15) is 24.5 Å². The maximum absolute atomic E-state index is 13.4. The summed E-state index contributed by atoms with van der Waals surface area (Å²) >= 11 is 5.94. The van der Waals surface area contributed by atoms with Crippen molar-refractivity contribution in [2.75, 3.05) is 0 Å². The largest absolute Gasteiger partial charge is 0.487 e. The molecule has 0 saturated carbocycles. The molecule has 0 heterocycles. The molecule has 92 valence electrons. The Morgan fingerprint density at radius 1 is 1.22 bits per heavy atom. The summed E-state index contributed by atoms with van der Waals surface area (Å²) in [5, 5.41) is 0.330. The maximum atomic E-state index is 13.4. The molecule has 0 radical (unpaired) electrons. The van der Waals surface area contributed by atoms with E-state index in [2.05, 4.69) is 0 Å². The van der Waals surface area contributed by atoms with Crippen molar-refractivity contribution in [1.82, 2.24) is 0 Å². The number of carbonyl (C=O) groups excluding carboxylic acids is 1. The summed E-state index contributed by atoms with van der Waals surface area (Å²) < 4.78 is 18.8. The molecule has 0 aromatic heterocycles. The Morgan fingerprint density at radius 3 is 2.67 bits per heavy atom. The summed E-state index contributed by atoms with van der Waals surface area (Å²) in [5.41, 5.74) is 0.922. The molecule has 0 atom stereocenters. The van der Waals surface area contributed by atoms with Crippen molar-refractivity contribution < 1.29 is 13.9 Å². The van der Waals surface area contributed by atoms with Crippen LogP contribution in [0, 0.1) is 5.82 Å². The van der Waals surface area contributed by atoms with Gasteiger partial charge in [-0.15, -0.1) is 0 Å². The lowest BCUT2D eigenvalue weighted by atomic mass is 10.2. The Hall–Kier alpha value is -1.87. The van der Waals surface area contributed by atoms with Gasteiger partial charge in [-0.1, -0.05) is 29.8 Å². The zero-order valence-electron chi connectivity index (χ0n) is 9.40. The summed E-state index contributed by atoms with van der Waals surface area (Å²) in [6.45, 7) is 0.0901. The van der Waals surface area contributed by atoms with Gasteiger partial charge in [-0.25, -0.2) is 4.39 Å². The molecule has 0 spiro atoms. The van der Waals surface area contributed by atoms with Gasteiger partial charge in [0.15, 0.2) is 0 Å². The Labute approximate surface area is 109 Å². The standard InChI is InChI=1S/C14H10ClFO2/c15-12-7-10(8-17)5-6-14(12)18-9-11-3-1-2-4-13(11)16/h1-8H,9H2. The molecule has 0 amide bonds. The first-order valence-electron chi connectivity index (χ1n) is 5.31. The first-order chi connectivity index (χ1) is 8.70. The van der Waals surface area contributed by atoms with E-state index in [1.165, 1.54) is 12.1 Å². The van der Waals surface area contributed by atoms with E-state index in [0.29, 0.717) is 28.2 Å². The van der Waals surface area contributed by atoms with Crippen molar-refractivity contribution in [3.8, 4) is 5.75 Å². The number of ether oxygens (including phenoxy) is 1. The maximum Gasteiger partial charge on any atom is 0.150 e. The van der Waals surface area contributed by atoms with Gasteiger partial charge in [-0.3, -0.25) is 4.79 Å². The minimum Gasteiger partial charge on any atom is -0.487 e. The van der Waals surface area contributed by atoms with E-state index in [4.69, 9.17) is 16.3 Å². The Balaban J connectivity index is 2.11. The van der Waals surface area contributed by atoms with Gasteiger partial charge < -0.3 is 4.74 Å². The van der Waals surface area contributed by atoms with Crippen LogP contribution in [0.3, 0.4) is 0 Å². The summed E-state index contributed by atoms with van der Waals surface area (Å²) in [6, 6.07) is 11.1. The third-order valence-electron chi connectivity index (χ3n) is 2.43. The average molecular weight is 265 g/mol. The second kappa shape index (κ2) is 5.65. The van der Waals surface area contributed by atoms with Gasteiger partial charge in [-0.05, 0) is 24.3 Å². The molecule has 0 saturated heterocycles. The van der Waals surface area contributed by atoms with Crippen LogP contribution in [0.25, 0.3) is 0 Å². The lowest BCUT2D eigenvalue weighted by molar-refractivity contribution is 0.112. The molecule has 0 bridgehead atoms. The fourth-order valence-corrected chi connectivity index (χ4v) is 1.72. The van der Waals surface area contributed by atoms with Crippen LogP contribution in [0.5, 0.6) is 5.75 Å². The normalized spacial score (nSPS) is 10.1. The number of aldehydes is 1. The lowest BCUT2D eigenvalue weighted by Gasteiger charge is -2.08. The van der Waals surface area contributed by atoms with Gasteiger partial charge in [0.25, 0.3) is 0 Å². The molecule has 0 unspecified atom stereocenters. The zero-order valence-corrected chi connectivity index (χ0v) is 10.2. The molecule has 0 aliphatic carbocycles. The van der Waals surface area contributed by atoms with Crippen molar-refractivity contribution in [2.24, 2.45) is 0 Å². The average Bonchev–Trinajstić information content (AvgIpc) is 2.39. The van der Waals surface area contributed by atoms with Crippen molar-refractivity contribution in [1.29, 1.82) is 0 Å². The van der Waals surface area contributed by atoms with Crippen LogP contribution in [0.4, 0.5) is 4.39 Å². The highest BCUT2D eigenvalue weighted by Gasteiger charge is 2.05. The van der Waals surface area contributed by atoms with Crippen LogP contribution < -0.4 is 4.74 Å². The highest BCUT2D eigenvalue weighted by molar-refractivity contribution is 6.32. The third kappa shape index (κ3) is 2.87. The van der Waals surface area contributed by atoms with Crippen LogP contribution in [0.1, 0.15) is 15.9 Å². The van der Waals surface area contributed by atoms with Crippen LogP contribution in [-0.2, 0) is 6.61 Å². The van der Waals surface area contributed by atoms with Crippen molar-refractivity contribution in [2.45, 2.75) is 6.61 Å². The van der Waals surface area contributed by atoms with Crippen molar-refractivity contribution in [3.63, 3.8) is 0 Å². The molecule has 0 N–H and O–H groups in total. The summed E-state index contributed by atoms with van der Waals surface area (Å²) in [4.78, 5) is 10.5. The van der Waals surface area contributed by atoms with Gasteiger partial charge in [0, 0.05) is 11.1 Å². The van der Waals surface area contributed by atoms with E-state index in [1.807, 2.05) is 0 Å². The molecule has 2 nitrogen and oxygen atoms in total. The van der Waals surface area contributed by atoms with E-state index >= 15 is 0 Å². The van der Waals surface area contributed by atoms with E-state index in [-0.39, 0.29) is 12.4 Å². The highest BCUT2D eigenvalue weighted by atomic mass is 35.5. The summed E-state index contributed by atoms with van der Waals surface area (Å²) in [5.74, 6) is 0.101. The minimum absolute atomic E-state index is 0.0901. The molecular formula is C14H10ClFO2. The SMILES string of the molecule is O=Cc1ccc(OCc2ccccc2F)c(Cl)c1. The topological polar surface area (TPSA) is 26.3 Å². The third-order valence-corrected chi connectivity index (χ3v) is 2.73. The molecule has 0 fully saturated rings. The molecule has 4 heteroatoms. The Kier molecular flexibility index (Phi) is 3.95. The Bertz CT molecular complexity index is 569. The van der Waals surface area contributed by atoms with Crippen LogP contribution in [0.15, 0.2) is 42.5 Å². The number of hydrogen-bond donors (Lipinski definition) is 0. The predicted octanol–water partition coefficient (Wildman–Crippen LogP) is 3.87. The quantitative estimate of drug-likeness (QED) is 0.784.